The van der Waals surface area contributed by atoms with E-state index in [-0.39, 0.29) is 0 Å². The van der Waals surface area contributed by atoms with Crippen molar-refractivity contribution < 1.29 is 0 Å². The Morgan fingerprint density at radius 3 is 2.33 bits per heavy atom. The van der Waals surface area contributed by atoms with Gasteiger partial charge in [0.05, 0.1) is 5.69 Å². The Morgan fingerprint density at radius 2 is 1.71 bits per heavy atom. The Hall–Kier alpha value is -2.56. The van der Waals surface area contributed by atoms with Gasteiger partial charge in [-0.2, -0.15) is 5.11 Å². The Bertz CT molecular complexity index is 687. The Kier molecular flexibility index (Phi) is 4.99. The van der Waals surface area contributed by atoms with Crippen LogP contribution in [0.1, 0.15) is 19.8 Å². The van der Waals surface area contributed by atoms with E-state index in [1.165, 1.54) is 18.5 Å². The molecule has 0 amide bonds. The Morgan fingerprint density at radius 1 is 1.04 bits per heavy atom. The fourth-order valence-electron chi connectivity index (χ4n) is 3.10. The van der Waals surface area contributed by atoms with Crippen LogP contribution in [0.4, 0.5) is 28.4 Å². The summed E-state index contributed by atoms with van der Waals surface area (Å²) in [7, 11) is 1.83. The first-order valence-electron chi connectivity index (χ1n) is 8.51. The van der Waals surface area contributed by atoms with E-state index in [4.69, 9.17) is 5.53 Å². The van der Waals surface area contributed by atoms with Gasteiger partial charge in [0.25, 0.3) is 0 Å². The second-order valence-corrected chi connectivity index (χ2v) is 6.44. The lowest BCUT2D eigenvalue weighted by Crippen LogP contribution is -2.32. The smallest absolute Gasteiger partial charge is 0.110 e. The molecule has 1 aliphatic rings. The van der Waals surface area contributed by atoms with Gasteiger partial charge in [-0.05, 0) is 61.2 Å². The molecule has 1 heterocycles. The summed E-state index contributed by atoms with van der Waals surface area (Å²) < 4.78 is 0. The van der Waals surface area contributed by atoms with Crippen LogP contribution in [0.2, 0.25) is 0 Å². The maximum absolute atomic E-state index is 7.27. The molecule has 0 unspecified atom stereocenters. The van der Waals surface area contributed by atoms with Gasteiger partial charge in [-0.15, -0.1) is 0 Å². The molecule has 1 aliphatic heterocycles. The standard InChI is InChI=1S/C19H25N5/c1-14-9-11-24(12-10-14)17-6-3-15(4-7-17)22-16-5-8-18(21-2)19(13-16)23-20/h3-8,13-14,20-22H,9-12H2,1-2H3. The van der Waals surface area contributed by atoms with Crippen molar-refractivity contribution in [3.63, 3.8) is 0 Å². The minimum Gasteiger partial charge on any atom is -0.386 e. The van der Waals surface area contributed by atoms with Crippen molar-refractivity contribution in [1.82, 2.24) is 0 Å². The molecule has 0 atom stereocenters. The predicted octanol–water partition coefficient (Wildman–Crippen LogP) is 5.37. The number of nitrogens with one attached hydrogen (secondary N) is 3. The van der Waals surface area contributed by atoms with E-state index in [2.05, 4.69) is 51.8 Å². The van der Waals surface area contributed by atoms with Gasteiger partial charge in [-0.3, -0.25) is 0 Å². The molecule has 24 heavy (non-hydrogen) atoms. The minimum absolute atomic E-state index is 0.626. The molecule has 0 spiro atoms. The van der Waals surface area contributed by atoms with Crippen LogP contribution in [0.25, 0.3) is 0 Å². The summed E-state index contributed by atoms with van der Waals surface area (Å²) >= 11 is 0. The predicted molar refractivity (Wildman–Crippen MR) is 101 cm³/mol. The highest BCUT2D eigenvalue weighted by atomic mass is 15.1. The zero-order valence-corrected chi connectivity index (χ0v) is 14.3. The summed E-state index contributed by atoms with van der Waals surface area (Å²) in [6.07, 6.45) is 2.55. The average Bonchev–Trinajstić information content (AvgIpc) is 2.63. The summed E-state index contributed by atoms with van der Waals surface area (Å²) in [5, 5.41) is 9.98. The SMILES string of the molecule is CNc1ccc(Nc2ccc(N3CCC(C)CC3)cc2)cc1N=N. The summed E-state index contributed by atoms with van der Waals surface area (Å²) in [6, 6.07) is 14.4. The number of hydrogen-bond donors (Lipinski definition) is 3. The van der Waals surface area contributed by atoms with Crippen molar-refractivity contribution in [1.29, 1.82) is 5.53 Å². The van der Waals surface area contributed by atoms with Crippen molar-refractivity contribution in [2.24, 2.45) is 11.0 Å². The van der Waals surface area contributed by atoms with E-state index in [9.17, 15) is 0 Å². The number of piperidine rings is 1. The van der Waals surface area contributed by atoms with E-state index in [1.54, 1.807) is 0 Å². The third-order valence-corrected chi connectivity index (χ3v) is 4.69. The van der Waals surface area contributed by atoms with Crippen molar-refractivity contribution in [3.05, 3.63) is 42.5 Å². The molecule has 5 heteroatoms. The molecule has 3 N–H and O–H groups in total. The third-order valence-electron chi connectivity index (χ3n) is 4.69. The van der Waals surface area contributed by atoms with Gasteiger partial charge in [-0.1, -0.05) is 6.92 Å². The number of benzene rings is 2. The summed E-state index contributed by atoms with van der Waals surface area (Å²) in [5.41, 5.74) is 12.0. The molecule has 2 aromatic rings. The molecule has 0 bridgehead atoms. The molecular formula is C19H25N5. The number of hydrogen-bond acceptors (Lipinski definition) is 5. The zero-order valence-electron chi connectivity index (χ0n) is 14.3. The highest BCUT2D eigenvalue weighted by Gasteiger charge is 2.15. The van der Waals surface area contributed by atoms with Gasteiger partial charge in [0.2, 0.25) is 0 Å². The van der Waals surface area contributed by atoms with Crippen LogP contribution in [0, 0.1) is 11.4 Å². The highest BCUT2D eigenvalue weighted by molar-refractivity contribution is 5.73. The Labute approximate surface area is 143 Å². The van der Waals surface area contributed by atoms with Gasteiger partial charge in [-0.25, -0.2) is 5.53 Å². The lowest BCUT2D eigenvalue weighted by atomic mass is 9.99. The third kappa shape index (κ3) is 3.67. The van der Waals surface area contributed by atoms with Crippen LogP contribution in [-0.2, 0) is 0 Å². The van der Waals surface area contributed by atoms with Gasteiger partial charge in [0.15, 0.2) is 0 Å². The van der Waals surface area contributed by atoms with Crippen molar-refractivity contribution in [3.8, 4) is 0 Å². The van der Waals surface area contributed by atoms with Gasteiger partial charge in [0, 0.05) is 37.2 Å². The second-order valence-electron chi connectivity index (χ2n) is 6.44. The summed E-state index contributed by atoms with van der Waals surface area (Å²) in [5.74, 6) is 0.847. The van der Waals surface area contributed by atoms with Crippen molar-refractivity contribution in [2.75, 3.05) is 35.7 Å². The summed E-state index contributed by atoms with van der Waals surface area (Å²) in [6.45, 7) is 4.63. The van der Waals surface area contributed by atoms with E-state index in [0.717, 1.165) is 36.1 Å². The van der Waals surface area contributed by atoms with Gasteiger partial charge >= 0.3 is 0 Å². The van der Waals surface area contributed by atoms with Crippen LogP contribution in [0.15, 0.2) is 47.6 Å². The highest BCUT2D eigenvalue weighted by Crippen LogP contribution is 2.30. The van der Waals surface area contributed by atoms with Gasteiger partial charge in [0.1, 0.15) is 5.69 Å². The molecular weight excluding hydrogens is 298 g/mol. The molecule has 1 saturated heterocycles. The number of nitrogens with zero attached hydrogens (tertiary/aromatic N) is 2. The molecule has 0 radical (unpaired) electrons. The van der Waals surface area contributed by atoms with Crippen LogP contribution in [-0.4, -0.2) is 20.1 Å². The maximum atomic E-state index is 7.27. The molecule has 2 aromatic carbocycles. The maximum Gasteiger partial charge on any atom is 0.110 e. The Balaban J connectivity index is 1.69. The first-order chi connectivity index (χ1) is 11.7. The van der Waals surface area contributed by atoms with Gasteiger partial charge < -0.3 is 15.5 Å². The van der Waals surface area contributed by atoms with Crippen LogP contribution in [0.3, 0.4) is 0 Å². The molecule has 0 aliphatic carbocycles. The lowest BCUT2D eigenvalue weighted by molar-refractivity contribution is 0.438. The van der Waals surface area contributed by atoms with E-state index >= 15 is 0 Å². The van der Waals surface area contributed by atoms with Crippen LogP contribution >= 0.6 is 0 Å². The van der Waals surface area contributed by atoms with E-state index < -0.39 is 0 Å². The quantitative estimate of drug-likeness (QED) is 0.648. The molecule has 3 rings (SSSR count). The zero-order chi connectivity index (χ0) is 16.9. The monoisotopic (exact) mass is 323 g/mol. The molecule has 126 valence electrons. The number of anilines is 4. The summed E-state index contributed by atoms with van der Waals surface area (Å²) in [4.78, 5) is 2.46. The first kappa shape index (κ1) is 16.3. The average molecular weight is 323 g/mol. The molecule has 1 fully saturated rings. The molecule has 0 aromatic heterocycles. The molecule has 0 saturated carbocycles. The fourth-order valence-corrected chi connectivity index (χ4v) is 3.10. The van der Waals surface area contributed by atoms with Crippen molar-refractivity contribution in [2.45, 2.75) is 19.8 Å². The molecule has 5 nitrogen and oxygen atoms in total. The first-order valence-corrected chi connectivity index (χ1v) is 8.51. The normalized spacial score (nSPS) is 15.2. The van der Waals surface area contributed by atoms with E-state index in [0.29, 0.717) is 5.69 Å². The van der Waals surface area contributed by atoms with Crippen LogP contribution < -0.4 is 15.5 Å². The number of rotatable bonds is 5. The second kappa shape index (κ2) is 7.34. The van der Waals surface area contributed by atoms with E-state index in [1.807, 2.05) is 25.2 Å². The topological polar surface area (TPSA) is 63.5 Å². The lowest BCUT2D eigenvalue weighted by Gasteiger charge is -2.32. The minimum atomic E-state index is 0.626. The fraction of sp³-hybridized carbons (Fsp3) is 0.368. The largest absolute Gasteiger partial charge is 0.386 e. The van der Waals surface area contributed by atoms with Crippen molar-refractivity contribution >= 4 is 28.4 Å². The van der Waals surface area contributed by atoms with Crippen LogP contribution in [0.5, 0.6) is 0 Å².